The molecule has 0 N–H and O–H groups in total. The van der Waals surface area contributed by atoms with Gasteiger partial charge in [0.1, 0.15) is 13.2 Å². The third-order valence-electron chi connectivity index (χ3n) is 6.59. The Kier molecular flexibility index (Phi) is 19.8. The number of unbranched alkanes of at least 4 members (excludes halogenated alkanes) is 2. The van der Waals surface area contributed by atoms with E-state index in [0.29, 0.717) is 38.5 Å². The highest BCUT2D eigenvalue weighted by atomic mass is 16.5. The van der Waals surface area contributed by atoms with Crippen LogP contribution in [0.5, 0.6) is 0 Å². The summed E-state index contributed by atoms with van der Waals surface area (Å²) in [6, 6.07) is 0.952. The molecule has 0 heterocycles. The lowest BCUT2D eigenvalue weighted by Gasteiger charge is -2.25. The minimum atomic E-state index is 0.0159. The molecule has 0 aliphatic carbocycles. The predicted octanol–water partition coefficient (Wildman–Crippen LogP) is 4.08. The molecule has 0 aliphatic heterocycles. The SMILES string of the molecule is CC(C)C(=O)COCCCCCN(C)C(C)CCC(C)C(=O)COCCOCCN(C)C(C)C. The van der Waals surface area contributed by atoms with E-state index >= 15 is 0 Å². The van der Waals surface area contributed by atoms with Crippen molar-refractivity contribution in [2.45, 2.75) is 85.7 Å². The van der Waals surface area contributed by atoms with Crippen molar-refractivity contribution in [3.8, 4) is 0 Å². The van der Waals surface area contributed by atoms with E-state index in [9.17, 15) is 9.59 Å². The second-order valence-electron chi connectivity index (χ2n) is 10.2. The summed E-state index contributed by atoms with van der Waals surface area (Å²) in [5, 5.41) is 0. The van der Waals surface area contributed by atoms with Gasteiger partial charge in [-0.1, -0.05) is 20.8 Å². The van der Waals surface area contributed by atoms with Gasteiger partial charge in [-0.2, -0.15) is 0 Å². The summed E-state index contributed by atoms with van der Waals surface area (Å²) in [4.78, 5) is 28.5. The molecule has 0 aromatic carbocycles. The maximum atomic E-state index is 12.3. The van der Waals surface area contributed by atoms with Crippen LogP contribution in [0, 0.1) is 11.8 Å². The Bertz CT molecular complexity index is 527. The van der Waals surface area contributed by atoms with E-state index in [1.165, 1.54) is 0 Å². The predicted molar refractivity (Wildman–Crippen MR) is 139 cm³/mol. The third-order valence-corrected chi connectivity index (χ3v) is 6.59. The van der Waals surface area contributed by atoms with E-state index in [-0.39, 0.29) is 36.6 Å². The Balaban J connectivity index is 3.74. The van der Waals surface area contributed by atoms with Crippen LogP contribution in [0.2, 0.25) is 0 Å². The van der Waals surface area contributed by atoms with E-state index in [4.69, 9.17) is 14.2 Å². The first-order valence-electron chi connectivity index (χ1n) is 13.2. The second-order valence-corrected chi connectivity index (χ2v) is 10.2. The first-order chi connectivity index (χ1) is 16.1. The zero-order valence-corrected chi connectivity index (χ0v) is 23.4. The maximum Gasteiger partial charge on any atom is 0.161 e. The molecule has 0 aromatic rings. The van der Waals surface area contributed by atoms with Gasteiger partial charge >= 0.3 is 0 Å². The highest BCUT2D eigenvalue weighted by Crippen LogP contribution is 2.13. The zero-order chi connectivity index (χ0) is 25.9. The molecular formula is C27H54N2O5. The number of ether oxygens (including phenoxy) is 3. The van der Waals surface area contributed by atoms with Crippen molar-refractivity contribution in [3.63, 3.8) is 0 Å². The van der Waals surface area contributed by atoms with E-state index in [1.54, 1.807) is 0 Å². The van der Waals surface area contributed by atoms with Gasteiger partial charge in [0.15, 0.2) is 11.6 Å². The van der Waals surface area contributed by atoms with E-state index in [1.807, 2.05) is 20.8 Å². The molecular weight excluding hydrogens is 432 g/mol. The van der Waals surface area contributed by atoms with Gasteiger partial charge in [0.05, 0.1) is 19.8 Å². The largest absolute Gasteiger partial charge is 0.378 e. The molecule has 0 saturated carbocycles. The van der Waals surface area contributed by atoms with Gasteiger partial charge in [0.2, 0.25) is 0 Å². The number of Topliss-reactive ketones (excluding diaryl/α,β-unsaturated/α-hetero) is 2. The minimum Gasteiger partial charge on any atom is -0.378 e. The van der Waals surface area contributed by atoms with Crippen molar-refractivity contribution in [2.24, 2.45) is 11.8 Å². The van der Waals surface area contributed by atoms with Gasteiger partial charge in [-0.15, -0.1) is 0 Å². The summed E-state index contributed by atoms with van der Waals surface area (Å²) in [7, 11) is 4.23. The molecule has 0 fully saturated rings. The fourth-order valence-electron chi connectivity index (χ4n) is 3.18. The molecule has 0 bridgehead atoms. The Morgan fingerprint density at radius 2 is 1.26 bits per heavy atom. The van der Waals surface area contributed by atoms with Crippen molar-refractivity contribution in [1.29, 1.82) is 0 Å². The van der Waals surface area contributed by atoms with Crippen LogP contribution in [-0.4, -0.2) is 100 Å². The lowest BCUT2D eigenvalue weighted by Crippen LogP contribution is -2.31. The smallest absolute Gasteiger partial charge is 0.161 e. The molecule has 202 valence electrons. The van der Waals surface area contributed by atoms with Crippen molar-refractivity contribution < 1.29 is 23.8 Å². The summed E-state index contributed by atoms with van der Waals surface area (Å²) in [5.41, 5.74) is 0. The van der Waals surface area contributed by atoms with Crippen molar-refractivity contribution >= 4 is 11.6 Å². The van der Waals surface area contributed by atoms with E-state index in [2.05, 4.69) is 44.7 Å². The van der Waals surface area contributed by atoms with Gasteiger partial charge in [-0.25, -0.2) is 0 Å². The zero-order valence-electron chi connectivity index (χ0n) is 23.4. The first kappa shape index (κ1) is 33.1. The second kappa shape index (κ2) is 20.3. The maximum absolute atomic E-state index is 12.3. The fraction of sp³-hybridized carbons (Fsp3) is 0.926. The van der Waals surface area contributed by atoms with Crippen molar-refractivity contribution in [3.05, 3.63) is 0 Å². The van der Waals surface area contributed by atoms with Gasteiger partial charge < -0.3 is 24.0 Å². The Morgan fingerprint density at radius 3 is 1.91 bits per heavy atom. The van der Waals surface area contributed by atoms with Crippen LogP contribution in [-0.2, 0) is 23.8 Å². The lowest BCUT2D eigenvalue weighted by molar-refractivity contribution is -0.128. The summed E-state index contributed by atoms with van der Waals surface area (Å²) < 4.78 is 16.5. The van der Waals surface area contributed by atoms with Gasteiger partial charge in [-0.3, -0.25) is 9.59 Å². The number of hydrogen-bond donors (Lipinski definition) is 0. The molecule has 0 aliphatic rings. The van der Waals surface area contributed by atoms with Gasteiger partial charge in [-0.05, 0) is 73.5 Å². The average molecular weight is 487 g/mol. The molecule has 0 rings (SSSR count). The summed E-state index contributed by atoms with van der Waals surface area (Å²) in [6.07, 6.45) is 5.07. The number of ketones is 2. The molecule has 0 radical (unpaired) electrons. The fourth-order valence-corrected chi connectivity index (χ4v) is 3.18. The number of likely N-dealkylation sites (N-methyl/N-ethyl adjacent to an activating group) is 1. The standard InChI is InChI=1S/C27H54N2O5/c1-22(2)26(30)20-33-16-11-9-10-14-29(8)25(6)13-12-24(5)27(31)21-34-19-18-32-17-15-28(7)23(3)4/h22-25H,9-21H2,1-8H3. The Morgan fingerprint density at radius 1 is 0.647 bits per heavy atom. The molecule has 0 aromatic heterocycles. The number of nitrogens with zero attached hydrogens (tertiary/aromatic N) is 2. The topological polar surface area (TPSA) is 68.3 Å². The number of carbonyl (C=O) groups excluding carboxylic acids is 2. The number of rotatable bonds is 23. The van der Waals surface area contributed by atoms with Gasteiger partial charge in [0, 0.05) is 37.1 Å². The van der Waals surface area contributed by atoms with Crippen LogP contribution >= 0.6 is 0 Å². The third kappa shape index (κ3) is 17.6. The normalized spacial score (nSPS) is 13.9. The van der Waals surface area contributed by atoms with Crippen LogP contribution < -0.4 is 0 Å². The number of hydrogen-bond acceptors (Lipinski definition) is 7. The molecule has 7 heteroatoms. The monoisotopic (exact) mass is 486 g/mol. The quantitative estimate of drug-likeness (QED) is 0.202. The molecule has 0 saturated heterocycles. The Labute approximate surface area is 209 Å². The molecule has 0 amide bonds. The lowest BCUT2D eigenvalue weighted by atomic mass is 9.98. The van der Waals surface area contributed by atoms with Gasteiger partial charge in [0.25, 0.3) is 0 Å². The van der Waals surface area contributed by atoms with Crippen LogP contribution in [0.15, 0.2) is 0 Å². The van der Waals surface area contributed by atoms with E-state index < -0.39 is 0 Å². The van der Waals surface area contributed by atoms with Crippen LogP contribution in [0.1, 0.15) is 73.6 Å². The summed E-state index contributed by atoms with van der Waals surface area (Å²) in [5.74, 6) is 0.405. The molecule has 34 heavy (non-hydrogen) atoms. The highest BCUT2D eigenvalue weighted by Gasteiger charge is 2.16. The molecule has 2 unspecified atom stereocenters. The minimum absolute atomic E-state index is 0.0159. The van der Waals surface area contributed by atoms with Crippen molar-refractivity contribution in [1.82, 2.24) is 9.80 Å². The average Bonchev–Trinajstić information content (AvgIpc) is 2.79. The van der Waals surface area contributed by atoms with Crippen molar-refractivity contribution in [2.75, 3.05) is 66.8 Å². The summed E-state index contributed by atoms with van der Waals surface area (Å²) in [6.45, 7) is 17.0. The Hall–Kier alpha value is -0.860. The highest BCUT2D eigenvalue weighted by molar-refractivity contribution is 5.82. The van der Waals surface area contributed by atoms with Crippen LogP contribution in [0.25, 0.3) is 0 Å². The molecule has 2 atom stereocenters. The molecule has 7 nitrogen and oxygen atoms in total. The van der Waals surface area contributed by atoms with Crippen LogP contribution in [0.3, 0.4) is 0 Å². The number of carbonyl (C=O) groups is 2. The van der Waals surface area contributed by atoms with Crippen LogP contribution in [0.4, 0.5) is 0 Å². The summed E-state index contributed by atoms with van der Waals surface area (Å²) >= 11 is 0. The van der Waals surface area contributed by atoms with E-state index in [0.717, 1.165) is 45.2 Å². The first-order valence-corrected chi connectivity index (χ1v) is 13.2. The molecule has 0 spiro atoms.